The Balaban J connectivity index is 1.63. The van der Waals surface area contributed by atoms with Crippen LogP contribution in [0.25, 0.3) is 0 Å². The number of benzene rings is 3. The first-order chi connectivity index (χ1) is 11.8. The molecule has 0 fully saturated rings. The van der Waals surface area contributed by atoms with Gasteiger partial charge in [0.25, 0.3) is 0 Å². The lowest BCUT2D eigenvalue weighted by atomic mass is 9.93. The molecular weight excluding hydrogens is 292 g/mol. The van der Waals surface area contributed by atoms with Crippen LogP contribution in [0.15, 0.2) is 84.9 Å². The van der Waals surface area contributed by atoms with Gasteiger partial charge < -0.3 is 5.01 Å². The Bertz CT molecular complexity index is 798. The monoisotopic (exact) mass is 314 g/mol. The summed E-state index contributed by atoms with van der Waals surface area (Å²) >= 11 is 0. The van der Waals surface area contributed by atoms with Gasteiger partial charge in [-0.2, -0.15) is 0 Å². The summed E-state index contributed by atoms with van der Waals surface area (Å²) < 4.78 is 0. The van der Waals surface area contributed by atoms with E-state index in [2.05, 4.69) is 102 Å². The van der Waals surface area contributed by atoms with Crippen LogP contribution in [0, 0.1) is 0 Å². The molecule has 0 bridgehead atoms. The predicted molar refractivity (Wildman–Crippen MR) is 100.0 cm³/mol. The number of fused-ring (bicyclic) bond motifs is 1. The molecule has 2 nitrogen and oxygen atoms in total. The molecule has 1 aliphatic rings. The summed E-state index contributed by atoms with van der Waals surface area (Å²) in [5.41, 5.74) is 5.47. The number of hydrogen-bond acceptors (Lipinski definition) is 2. The van der Waals surface area contributed by atoms with Crippen molar-refractivity contribution in [3.8, 4) is 0 Å². The van der Waals surface area contributed by atoms with Gasteiger partial charge in [0.2, 0.25) is 0 Å². The van der Waals surface area contributed by atoms with Crippen molar-refractivity contribution in [3.63, 3.8) is 0 Å². The molecule has 0 amide bonds. The van der Waals surface area contributed by atoms with Crippen LogP contribution < -0.4 is 5.01 Å². The molecule has 120 valence electrons. The van der Waals surface area contributed by atoms with Gasteiger partial charge in [-0.1, -0.05) is 78.9 Å². The Morgan fingerprint density at radius 1 is 0.833 bits per heavy atom. The van der Waals surface area contributed by atoms with Gasteiger partial charge in [-0.25, -0.2) is 5.01 Å². The second-order valence-corrected chi connectivity index (χ2v) is 6.41. The Hall–Kier alpha value is -2.58. The molecule has 0 aromatic heterocycles. The van der Waals surface area contributed by atoms with Gasteiger partial charge in [0.15, 0.2) is 0 Å². The summed E-state index contributed by atoms with van der Waals surface area (Å²) in [7, 11) is 2.18. The van der Waals surface area contributed by atoms with Crippen molar-refractivity contribution in [1.82, 2.24) is 5.01 Å². The highest BCUT2D eigenvalue weighted by molar-refractivity contribution is 5.62. The average molecular weight is 314 g/mol. The van der Waals surface area contributed by atoms with Crippen molar-refractivity contribution in [2.45, 2.75) is 12.5 Å². The second-order valence-electron chi connectivity index (χ2n) is 6.41. The number of para-hydroxylation sites is 1. The van der Waals surface area contributed by atoms with E-state index in [1.54, 1.807) is 0 Å². The summed E-state index contributed by atoms with van der Waals surface area (Å²) in [4.78, 5) is 0. The number of nitrogens with zero attached hydrogens (tertiary/aromatic N) is 2. The van der Waals surface area contributed by atoms with Crippen LogP contribution in [0.2, 0.25) is 0 Å². The smallest absolute Gasteiger partial charge is 0.0561 e. The molecular formula is C22H22N2. The van der Waals surface area contributed by atoms with Gasteiger partial charge in [-0.15, -0.1) is 0 Å². The summed E-state index contributed by atoms with van der Waals surface area (Å²) in [6, 6.07) is 30.3. The molecule has 3 aromatic carbocycles. The molecule has 4 rings (SSSR count). The summed E-state index contributed by atoms with van der Waals surface area (Å²) in [5.74, 6) is 0.431. The van der Waals surface area contributed by atoms with Crippen LogP contribution in [-0.4, -0.2) is 18.6 Å². The van der Waals surface area contributed by atoms with Crippen LogP contribution in [-0.2, 0) is 6.54 Å². The minimum absolute atomic E-state index is 0.431. The van der Waals surface area contributed by atoms with Crippen LogP contribution >= 0.6 is 0 Å². The number of hydrazine groups is 1. The first-order valence-corrected chi connectivity index (χ1v) is 8.49. The van der Waals surface area contributed by atoms with Crippen molar-refractivity contribution < 1.29 is 0 Å². The lowest BCUT2D eigenvalue weighted by Gasteiger charge is -2.31. The third-order valence-electron chi connectivity index (χ3n) is 4.81. The Labute approximate surface area is 143 Å². The second kappa shape index (κ2) is 6.50. The number of rotatable bonds is 4. The summed E-state index contributed by atoms with van der Waals surface area (Å²) in [5, 5.41) is 4.75. The fourth-order valence-electron chi connectivity index (χ4n) is 3.61. The third-order valence-corrected chi connectivity index (χ3v) is 4.81. The zero-order valence-electron chi connectivity index (χ0n) is 14.0. The van der Waals surface area contributed by atoms with E-state index in [4.69, 9.17) is 0 Å². The summed E-state index contributed by atoms with van der Waals surface area (Å²) in [6.07, 6.45) is 0. The maximum absolute atomic E-state index is 2.42. The van der Waals surface area contributed by atoms with E-state index in [0.29, 0.717) is 5.92 Å². The predicted octanol–water partition coefficient (Wildman–Crippen LogP) is 4.69. The first kappa shape index (κ1) is 15.0. The molecule has 0 saturated heterocycles. The standard InChI is InChI=1S/C22H22N2/c1-23(16-18-10-4-2-5-11-18)24-17-21(19-12-6-3-7-13-19)20-14-8-9-15-22(20)24/h2-15,21H,16-17H2,1H3. The van der Waals surface area contributed by atoms with Crippen LogP contribution in [0.4, 0.5) is 5.69 Å². The van der Waals surface area contributed by atoms with Gasteiger partial charge in [0, 0.05) is 26.1 Å². The topological polar surface area (TPSA) is 6.48 Å². The van der Waals surface area contributed by atoms with E-state index in [-0.39, 0.29) is 0 Å². The molecule has 0 spiro atoms. The van der Waals surface area contributed by atoms with Crippen LogP contribution in [0.5, 0.6) is 0 Å². The lowest BCUT2D eigenvalue weighted by Crippen LogP contribution is -2.38. The van der Waals surface area contributed by atoms with Gasteiger partial charge >= 0.3 is 0 Å². The molecule has 2 heteroatoms. The highest BCUT2D eigenvalue weighted by Crippen LogP contribution is 2.40. The van der Waals surface area contributed by atoms with Crippen LogP contribution in [0.1, 0.15) is 22.6 Å². The van der Waals surface area contributed by atoms with Crippen molar-refractivity contribution in [3.05, 3.63) is 102 Å². The summed E-state index contributed by atoms with van der Waals surface area (Å²) in [6.45, 7) is 1.91. The van der Waals surface area contributed by atoms with E-state index in [9.17, 15) is 0 Å². The Morgan fingerprint density at radius 3 is 2.21 bits per heavy atom. The molecule has 1 heterocycles. The Kier molecular flexibility index (Phi) is 4.06. The van der Waals surface area contributed by atoms with E-state index in [1.165, 1.54) is 22.4 Å². The molecule has 24 heavy (non-hydrogen) atoms. The quantitative estimate of drug-likeness (QED) is 0.689. The van der Waals surface area contributed by atoms with Gasteiger partial charge in [-0.05, 0) is 22.8 Å². The molecule has 1 atom stereocenters. The molecule has 1 aliphatic heterocycles. The van der Waals surface area contributed by atoms with Crippen molar-refractivity contribution in [2.75, 3.05) is 18.6 Å². The number of hydrogen-bond donors (Lipinski definition) is 0. The maximum atomic E-state index is 2.42. The molecule has 3 aromatic rings. The third kappa shape index (κ3) is 2.81. The normalized spacial score (nSPS) is 16.4. The first-order valence-electron chi connectivity index (χ1n) is 8.49. The van der Waals surface area contributed by atoms with Gasteiger partial charge in [0.05, 0.1) is 5.69 Å². The van der Waals surface area contributed by atoms with Crippen molar-refractivity contribution in [1.29, 1.82) is 0 Å². The minimum Gasteiger partial charge on any atom is -0.305 e. The molecule has 0 N–H and O–H groups in total. The van der Waals surface area contributed by atoms with E-state index in [1.807, 2.05) is 0 Å². The molecule has 0 aliphatic carbocycles. The van der Waals surface area contributed by atoms with E-state index in [0.717, 1.165) is 13.1 Å². The lowest BCUT2D eigenvalue weighted by molar-refractivity contribution is 0.301. The molecule has 0 radical (unpaired) electrons. The largest absolute Gasteiger partial charge is 0.305 e. The van der Waals surface area contributed by atoms with E-state index >= 15 is 0 Å². The van der Waals surface area contributed by atoms with E-state index < -0.39 is 0 Å². The molecule has 0 saturated carbocycles. The van der Waals surface area contributed by atoms with Crippen molar-refractivity contribution >= 4 is 5.69 Å². The van der Waals surface area contributed by atoms with Crippen molar-refractivity contribution in [2.24, 2.45) is 0 Å². The minimum atomic E-state index is 0.431. The fourth-order valence-corrected chi connectivity index (χ4v) is 3.61. The fraction of sp³-hybridized carbons (Fsp3) is 0.182. The van der Waals surface area contributed by atoms with Gasteiger partial charge in [-0.3, -0.25) is 0 Å². The zero-order valence-corrected chi connectivity index (χ0v) is 14.0. The Morgan fingerprint density at radius 2 is 1.46 bits per heavy atom. The SMILES string of the molecule is CN(Cc1ccccc1)N1CC(c2ccccc2)c2ccccc21. The van der Waals surface area contributed by atoms with Crippen LogP contribution in [0.3, 0.4) is 0 Å². The number of anilines is 1. The molecule has 1 unspecified atom stereocenters. The maximum Gasteiger partial charge on any atom is 0.0561 e. The highest BCUT2D eigenvalue weighted by Gasteiger charge is 2.31. The average Bonchev–Trinajstić information content (AvgIpc) is 3.03. The highest BCUT2D eigenvalue weighted by atomic mass is 15.6. The zero-order chi connectivity index (χ0) is 16.4. The van der Waals surface area contributed by atoms with Gasteiger partial charge in [0.1, 0.15) is 0 Å².